The maximum absolute atomic E-state index is 12.6. The molecule has 2 aliphatic rings. The van der Waals surface area contributed by atoms with Crippen molar-refractivity contribution >= 4 is 17.8 Å². The maximum Gasteiger partial charge on any atom is 0.308 e. The maximum atomic E-state index is 12.6. The van der Waals surface area contributed by atoms with E-state index in [0.717, 1.165) is 19.3 Å². The van der Waals surface area contributed by atoms with E-state index in [1.54, 1.807) is 4.90 Å². The summed E-state index contributed by atoms with van der Waals surface area (Å²) in [7, 11) is 0. The number of nitrogens with zero attached hydrogens (tertiary/aromatic N) is 1. The van der Waals surface area contributed by atoms with Crippen LogP contribution in [0.5, 0.6) is 0 Å². The molecule has 1 heterocycles. The van der Waals surface area contributed by atoms with Crippen LogP contribution < -0.4 is 5.32 Å². The van der Waals surface area contributed by atoms with Crippen molar-refractivity contribution in [2.24, 2.45) is 5.92 Å². The number of hydrogen-bond acceptors (Lipinski definition) is 4. The van der Waals surface area contributed by atoms with Gasteiger partial charge in [-0.25, -0.2) is 0 Å². The Morgan fingerprint density at radius 3 is 2.65 bits per heavy atom. The average molecular weight is 324 g/mol. The number of carbonyl (C=O) groups excluding carboxylic acids is 3. The summed E-state index contributed by atoms with van der Waals surface area (Å²) < 4.78 is 5.26. The molecule has 0 aromatic rings. The summed E-state index contributed by atoms with van der Waals surface area (Å²) in [6.45, 7) is 4.68. The smallest absolute Gasteiger partial charge is 0.308 e. The summed E-state index contributed by atoms with van der Waals surface area (Å²) in [4.78, 5) is 38.3. The molecule has 0 bridgehead atoms. The monoisotopic (exact) mass is 324 g/mol. The second-order valence-electron chi connectivity index (χ2n) is 6.66. The molecular formula is C17H28N2O4. The van der Waals surface area contributed by atoms with Crippen LogP contribution in [0.4, 0.5) is 0 Å². The second-order valence-corrected chi connectivity index (χ2v) is 6.66. The topological polar surface area (TPSA) is 75.7 Å². The molecule has 6 heteroatoms. The summed E-state index contributed by atoms with van der Waals surface area (Å²) in [5.41, 5.74) is 0. The molecule has 2 unspecified atom stereocenters. The first-order chi connectivity index (χ1) is 11.0. The number of nitrogens with one attached hydrogen (secondary N) is 1. The first-order valence-electron chi connectivity index (χ1n) is 8.78. The molecule has 0 radical (unpaired) electrons. The molecule has 2 fully saturated rings. The zero-order valence-corrected chi connectivity index (χ0v) is 14.2. The Morgan fingerprint density at radius 1 is 1.30 bits per heavy atom. The van der Waals surface area contributed by atoms with E-state index in [-0.39, 0.29) is 24.3 Å². The lowest BCUT2D eigenvalue weighted by molar-refractivity contribution is -0.155. The predicted molar refractivity (Wildman–Crippen MR) is 85.5 cm³/mol. The van der Waals surface area contributed by atoms with E-state index in [1.807, 2.05) is 13.8 Å². The van der Waals surface area contributed by atoms with Gasteiger partial charge in [-0.2, -0.15) is 0 Å². The molecule has 1 aliphatic carbocycles. The molecule has 0 spiro atoms. The van der Waals surface area contributed by atoms with Gasteiger partial charge < -0.3 is 15.0 Å². The van der Waals surface area contributed by atoms with Crippen molar-refractivity contribution in [1.82, 2.24) is 10.2 Å². The number of carbonyl (C=O) groups is 3. The highest BCUT2D eigenvalue weighted by Crippen LogP contribution is 2.28. The molecule has 1 saturated carbocycles. The molecule has 1 aliphatic heterocycles. The van der Waals surface area contributed by atoms with Crippen LogP contribution >= 0.6 is 0 Å². The van der Waals surface area contributed by atoms with Crippen molar-refractivity contribution in [2.45, 2.75) is 70.9 Å². The van der Waals surface area contributed by atoms with E-state index in [0.29, 0.717) is 25.4 Å². The molecule has 1 N–H and O–H groups in total. The number of esters is 1. The summed E-state index contributed by atoms with van der Waals surface area (Å²) in [6, 6.07) is -0.728. The van der Waals surface area contributed by atoms with Gasteiger partial charge in [0.2, 0.25) is 11.8 Å². The highest BCUT2D eigenvalue weighted by Gasteiger charge is 2.36. The van der Waals surface area contributed by atoms with Gasteiger partial charge in [0, 0.05) is 19.5 Å². The van der Waals surface area contributed by atoms with Crippen LogP contribution in [-0.4, -0.2) is 47.9 Å². The fraction of sp³-hybridized carbons (Fsp3) is 0.824. The van der Waals surface area contributed by atoms with Crippen LogP contribution in [0, 0.1) is 5.92 Å². The quantitative estimate of drug-likeness (QED) is 0.753. The fourth-order valence-corrected chi connectivity index (χ4v) is 3.31. The minimum Gasteiger partial charge on any atom is -0.463 e. The molecular weight excluding hydrogens is 296 g/mol. The van der Waals surface area contributed by atoms with Crippen LogP contribution in [-0.2, 0) is 19.1 Å². The molecule has 2 rings (SSSR count). The molecule has 130 valence electrons. The van der Waals surface area contributed by atoms with Crippen molar-refractivity contribution in [3.8, 4) is 0 Å². The third-order valence-corrected chi connectivity index (χ3v) is 4.86. The first kappa shape index (κ1) is 17.8. The summed E-state index contributed by atoms with van der Waals surface area (Å²) in [6.07, 6.45) is 5.53. The molecule has 6 nitrogen and oxygen atoms in total. The largest absolute Gasteiger partial charge is 0.463 e. The molecule has 23 heavy (non-hydrogen) atoms. The van der Waals surface area contributed by atoms with E-state index in [2.05, 4.69) is 5.32 Å². The second kappa shape index (κ2) is 8.31. The van der Waals surface area contributed by atoms with Crippen LogP contribution in [0.2, 0.25) is 0 Å². The van der Waals surface area contributed by atoms with E-state index in [9.17, 15) is 14.4 Å². The minimum atomic E-state index is -0.728. The number of piperazine rings is 1. The third kappa shape index (κ3) is 4.94. The van der Waals surface area contributed by atoms with E-state index in [1.165, 1.54) is 12.8 Å². The van der Waals surface area contributed by atoms with Crippen LogP contribution in [0.15, 0.2) is 0 Å². The standard InChI is InChI=1S/C17H28N2O4/c1-3-12(2)23-16(21)11-14-17(22)18-8-9-19(14)15(20)10-13-6-4-5-7-13/h12-14H,3-11H2,1-2H3,(H,18,22). The highest BCUT2D eigenvalue weighted by atomic mass is 16.5. The van der Waals surface area contributed by atoms with Crippen LogP contribution in [0.3, 0.4) is 0 Å². The van der Waals surface area contributed by atoms with Gasteiger partial charge >= 0.3 is 5.97 Å². The van der Waals surface area contributed by atoms with Crippen LogP contribution in [0.25, 0.3) is 0 Å². The van der Waals surface area contributed by atoms with E-state index < -0.39 is 12.0 Å². The molecule has 0 aromatic carbocycles. The average Bonchev–Trinajstić information content (AvgIpc) is 3.01. The summed E-state index contributed by atoms with van der Waals surface area (Å²) >= 11 is 0. The Bertz CT molecular complexity index is 446. The zero-order chi connectivity index (χ0) is 16.8. The number of ether oxygens (including phenoxy) is 1. The normalized spacial score (nSPS) is 23.5. The fourth-order valence-electron chi connectivity index (χ4n) is 3.31. The SMILES string of the molecule is CCC(C)OC(=O)CC1C(=O)NCCN1C(=O)CC1CCCC1. The van der Waals surface area contributed by atoms with Crippen molar-refractivity contribution in [2.75, 3.05) is 13.1 Å². The summed E-state index contributed by atoms with van der Waals surface area (Å²) in [5, 5.41) is 2.74. The van der Waals surface area contributed by atoms with Crippen molar-refractivity contribution in [3.05, 3.63) is 0 Å². The molecule has 0 aromatic heterocycles. The number of rotatable bonds is 6. The number of hydrogen-bond donors (Lipinski definition) is 1. The van der Waals surface area contributed by atoms with Gasteiger partial charge in [0.1, 0.15) is 6.04 Å². The minimum absolute atomic E-state index is 0.00640. The highest BCUT2D eigenvalue weighted by molar-refractivity contribution is 5.92. The van der Waals surface area contributed by atoms with E-state index in [4.69, 9.17) is 4.74 Å². The Balaban J connectivity index is 1.96. The molecule has 2 amide bonds. The Hall–Kier alpha value is -1.59. The first-order valence-corrected chi connectivity index (χ1v) is 8.78. The van der Waals surface area contributed by atoms with Gasteiger partial charge in [0.05, 0.1) is 12.5 Å². The van der Waals surface area contributed by atoms with Gasteiger partial charge in [0.15, 0.2) is 0 Å². The van der Waals surface area contributed by atoms with Crippen molar-refractivity contribution in [3.63, 3.8) is 0 Å². The zero-order valence-electron chi connectivity index (χ0n) is 14.2. The molecule has 2 atom stereocenters. The summed E-state index contributed by atoms with van der Waals surface area (Å²) in [5.74, 6) is -0.245. The van der Waals surface area contributed by atoms with Gasteiger partial charge in [-0.1, -0.05) is 19.8 Å². The Morgan fingerprint density at radius 2 is 2.00 bits per heavy atom. The van der Waals surface area contributed by atoms with Gasteiger partial charge in [-0.15, -0.1) is 0 Å². The van der Waals surface area contributed by atoms with Gasteiger partial charge in [-0.3, -0.25) is 14.4 Å². The van der Waals surface area contributed by atoms with E-state index >= 15 is 0 Å². The lowest BCUT2D eigenvalue weighted by atomic mass is 10.0. The number of amides is 2. The lowest BCUT2D eigenvalue weighted by Crippen LogP contribution is -2.58. The van der Waals surface area contributed by atoms with Gasteiger partial charge in [-0.05, 0) is 32.1 Å². The molecule has 1 saturated heterocycles. The third-order valence-electron chi connectivity index (χ3n) is 4.86. The van der Waals surface area contributed by atoms with Crippen molar-refractivity contribution < 1.29 is 19.1 Å². The Labute approximate surface area is 137 Å². The Kier molecular flexibility index (Phi) is 6.42. The van der Waals surface area contributed by atoms with Crippen LogP contribution in [0.1, 0.15) is 58.8 Å². The van der Waals surface area contributed by atoms with Gasteiger partial charge in [0.25, 0.3) is 0 Å². The predicted octanol–water partition coefficient (Wildman–Crippen LogP) is 1.63. The lowest BCUT2D eigenvalue weighted by Gasteiger charge is -2.35. The van der Waals surface area contributed by atoms with Crippen molar-refractivity contribution in [1.29, 1.82) is 0 Å².